The fourth-order valence-electron chi connectivity index (χ4n) is 1.41. The molecule has 1 unspecified atom stereocenters. The lowest BCUT2D eigenvalue weighted by atomic mass is 10.2. The van der Waals surface area contributed by atoms with Crippen LogP contribution in [-0.4, -0.2) is 25.1 Å². The molecule has 1 heterocycles. The van der Waals surface area contributed by atoms with Crippen LogP contribution in [0.3, 0.4) is 0 Å². The van der Waals surface area contributed by atoms with Crippen LogP contribution < -0.4 is 5.32 Å². The molecule has 0 saturated carbocycles. The van der Waals surface area contributed by atoms with Gasteiger partial charge in [0.15, 0.2) is 0 Å². The van der Waals surface area contributed by atoms with E-state index in [0.717, 1.165) is 25.4 Å². The number of morpholine rings is 1. The predicted molar refractivity (Wildman–Crippen MR) is 60.3 cm³/mol. The van der Waals surface area contributed by atoms with Crippen molar-refractivity contribution in [1.82, 2.24) is 5.32 Å². The lowest BCUT2D eigenvalue weighted by Gasteiger charge is -2.22. The normalized spacial score (nSPS) is 22.1. The van der Waals surface area contributed by atoms with E-state index >= 15 is 0 Å². The summed E-state index contributed by atoms with van der Waals surface area (Å²) in [6.07, 6.45) is 0. The lowest BCUT2D eigenvalue weighted by Crippen LogP contribution is -2.36. The predicted octanol–water partition coefficient (Wildman–Crippen LogP) is 1.87. The minimum atomic E-state index is 0.323. The first-order chi connectivity index (χ1) is 6.95. The van der Waals surface area contributed by atoms with E-state index in [1.165, 1.54) is 5.56 Å². The summed E-state index contributed by atoms with van der Waals surface area (Å²) < 4.78 is 5.60. The van der Waals surface area contributed by atoms with Gasteiger partial charge in [-0.15, -0.1) is 11.8 Å². The van der Waals surface area contributed by atoms with Gasteiger partial charge in [0.25, 0.3) is 0 Å². The van der Waals surface area contributed by atoms with Crippen LogP contribution >= 0.6 is 11.8 Å². The topological polar surface area (TPSA) is 21.3 Å². The molecule has 0 aliphatic carbocycles. The molecule has 1 aromatic rings. The van der Waals surface area contributed by atoms with Crippen LogP contribution in [0.4, 0.5) is 0 Å². The van der Waals surface area contributed by atoms with Gasteiger partial charge < -0.3 is 10.1 Å². The second kappa shape index (κ2) is 5.39. The average Bonchev–Trinajstić information content (AvgIpc) is 2.29. The van der Waals surface area contributed by atoms with E-state index in [1.54, 1.807) is 0 Å². The molecule has 0 bridgehead atoms. The molecule has 1 fully saturated rings. The maximum atomic E-state index is 5.60. The third-order valence-corrected chi connectivity index (χ3v) is 3.35. The van der Waals surface area contributed by atoms with Gasteiger partial charge in [-0.25, -0.2) is 0 Å². The Morgan fingerprint density at radius 2 is 2.21 bits per heavy atom. The van der Waals surface area contributed by atoms with Gasteiger partial charge >= 0.3 is 0 Å². The third-order valence-electron chi connectivity index (χ3n) is 2.17. The lowest BCUT2D eigenvalue weighted by molar-refractivity contribution is 0.0852. The molecular formula is C11H15NOS. The Labute approximate surface area is 89.0 Å². The van der Waals surface area contributed by atoms with Crippen LogP contribution in [0, 0.1) is 0 Å². The van der Waals surface area contributed by atoms with Crippen molar-refractivity contribution in [2.45, 2.75) is 11.2 Å². The largest absolute Gasteiger partial charge is 0.365 e. The molecule has 0 aromatic heterocycles. The van der Waals surface area contributed by atoms with Crippen LogP contribution in [0.2, 0.25) is 0 Å². The van der Waals surface area contributed by atoms with Crippen molar-refractivity contribution in [2.24, 2.45) is 0 Å². The molecule has 1 N–H and O–H groups in total. The molecule has 14 heavy (non-hydrogen) atoms. The standard InChI is InChI=1S/C11H15NOS/c1-2-4-10(5-3-1)9-14-11-8-12-6-7-13-11/h1-5,11-12H,6-9H2. The highest BCUT2D eigenvalue weighted by molar-refractivity contribution is 7.99. The van der Waals surface area contributed by atoms with Crippen LogP contribution in [0.15, 0.2) is 30.3 Å². The first-order valence-corrected chi connectivity index (χ1v) is 5.98. The van der Waals surface area contributed by atoms with Gasteiger partial charge in [-0.2, -0.15) is 0 Å². The van der Waals surface area contributed by atoms with Gasteiger partial charge in [-0.1, -0.05) is 30.3 Å². The summed E-state index contributed by atoms with van der Waals surface area (Å²) in [5.74, 6) is 1.03. The van der Waals surface area contributed by atoms with Crippen LogP contribution in [0.5, 0.6) is 0 Å². The van der Waals surface area contributed by atoms with Crippen LogP contribution in [0.25, 0.3) is 0 Å². The molecule has 0 spiro atoms. The van der Waals surface area contributed by atoms with Crippen LogP contribution in [-0.2, 0) is 10.5 Å². The zero-order valence-electron chi connectivity index (χ0n) is 8.11. The monoisotopic (exact) mass is 209 g/mol. The van der Waals surface area contributed by atoms with E-state index < -0.39 is 0 Å². The van der Waals surface area contributed by atoms with Crippen molar-refractivity contribution >= 4 is 11.8 Å². The van der Waals surface area contributed by atoms with E-state index in [9.17, 15) is 0 Å². The van der Waals surface area contributed by atoms with Crippen molar-refractivity contribution in [3.05, 3.63) is 35.9 Å². The molecular weight excluding hydrogens is 194 g/mol. The van der Waals surface area contributed by atoms with E-state index in [1.807, 2.05) is 17.8 Å². The zero-order chi connectivity index (χ0) is 9.64. The average molecular weight is 209 g/mol. The van der Waals surface area contributed by atoms with Gasteiger partial charge in [0.1, 0.15) is 5.44 Å². The molecule has 0 amide bonds. The smallest absolute Gasteiger partial charge is 0.116 e. The Kier molecular flexibility index (Phi) is 3.86. The van der Waals surface area contributed by atoms with Gasteiger partial charge in [-0.05, 0) is 5.56 Å². The summed E-state index contributed by atoms with van der Waals surface area (Å²) in [7, 11) is 0. The Bertz CT molecular complexity index is 259. The molecule has 1 aromatic carbocycles. The Morgan fingerprint density at radius 1 is 1.36 bits per heavy atom. The van der Waals surface area contributed by atoms with Crippen molar-refractivity contribution < 1.29 is 4.74 Å². The van der Waals surface area contributed by atoms with Gasteiger partial charge in [0.05, 0.1) is 6.61 Å². The number of hydrogen-bond acceptors (Lipinski definition) is 3. The molecule has 3 heteroatoms. The van der Waals surface area contributed by atoms with E-state index in [4.69, 9.17) is 4.74 Å². The molecule has 1 aliphatic rings. The summed E-state index contributed by atoms with van der Waals surface area (Å²) in [5.41, 5.74) is 1.69. The van der Waals surface area contributed by atoms with Crippen molar-refractivity contribution in [1.29, 1.82) is 0 Å². The number of thioether (sulfide) groups is 1. The third kappa shape index (κ3) is 3.01. The maximum Gasteiger partial charge on any atom is 0.116 e. The SMILES string of the molecule is c1ccc(CSC2CNCCO2)cc1. The summed E-state index contributed by atoms with van der Waals surface area (Å²) in [6, 6.07) is 10.5. The second-order valence-electron chi connectivity index (χ2n) is 3.30. The fraction of sp³-hybridized carbons (Fsp3) is 0.455. The summed E-state index contributed by atoms with van der Waals surface area (Å²) in [5, 5.41) is 3.33. The quantitative estimate of drug-likeness (QED) is 0.821. The minimum Gasteiger partial charge on any atom is -0.365 e. The zero-order valence-corrected chi connectivity index (χ0v) is 8.93. The highest BCUT2D eigenvalue weighted by Crippen LogP contribution is 2.19. The second-order valence-corrected chi connectivity index (χ2v) is 4.45. The van der Waals surface area contributed by atoms with E-state index in [0.29, 0.717) is 5.44 Å². The number of ether oxygens (including phenoxy) is 1. The van der Waals surface area contributed by atoms with E-state index in [-0.39, 0.29) is 0 Å². The first kappa shape index (κ1) is 10.0. The molecule has 1 aliphatic heterocycles. The molecule has 2 nitrogen and oxygen atoms in total. The Morgan fingerprint density at radius 3 is 2.93 bits per heavy atom. The highest BCUT2D eigenvalue weighted by atomic mass is 32.2. The number of hydrogen-bond donors (Lipinski definition) is 1. The Balaban J connectivity index is 1.76. The van der Waals surface area contributed by atoms with Crippen molar-refractivity contribution in [3.63, 3.8) is 0 Å². The minimum absolute atomic E-state index is 0.323. The maximum absolute atomic E-state index is 5.60. The first-order valence-electron chi connectivity index (χ1n) is 4.93. The van der Waals surface area contributed by atoms with Gasteiger partial charge in [0.2, 0.25) is 0 Å². The highest BCUT2D eigenvalue weighted by Gasteiger charge is 2.12. The number of rotatable bonds is 3. The summed E-state index contributed by atoms with van der Waals surface area (Å²) in [6.45, 7) is 2.80. The molecule has 76 valence electrons. The van der Waals surface area contributed by atoms with Crippen molar-refractivity contribution in [2.75, 3.05) is 19.7 Å². The fourth-order valence-corrected chi connectivity index (χ4v) is 2.41. The number of nitrogens with one attached hydrogen (secondary N) is 1. The molecule has 2 rings (SSSR count). The van der Waals surface area contributed by atoms with Gasteiger partial charge in [-0.3, -0.25) is 0 Å². The molecule has 0 radical (unpaired) electrons. The van der Waals surface area contributed by atoms with Gasteiger partial charge in [0, 0.05) is 18.8 Å². The van der Waals surface area contributed by atoms with Crippen molar-refractivity contribution in [3.8, 4) is 0 Å². The summed E-state index contributed by atoms with van der Waals surface area (Å²) >= 11 is 1.87. The molecule has 1 saturated heterocycles. The summed E-state index contributed by atoms with van der Waals surface area (Å²) in [4.78, 5) is 0. The number of benzene rings is 1. The Hall–Kier alpha value is -0.510. The van der Waals surface area contributed by atoms with Crippen LogP contribution in [0.1, 0.15) is 5.56 Å². The molecule has 1 atom stereocenters. The van der Waals surface area contributed by atoms with E-state index in [2.05, 4.69) is 29.6 Å².